The maximum Gasteiger partial charge on any atom is 0.0991 e. The Bertz CT molecular complexity index is 734. The van der Waals surface area contributed by atoms with E-state index in [1.165, 1.54) is 48.8 Å². The van der Waals surface area contributed by atoms with Crippen LogP contribution in [0.5, 0.6) is 0 Å². The van der Waals surface area contributed by atoms with Crippen molar-refractivity contribution in [1.29, 1.82) is 5.26 Å². The molecule has 2 aromatic rings. The van der Waals surface area contributed by atoms with Crippen molar-refractivity contribution in [1.82, 2.24) is 0 Å². The Morgan fingerprint density at radius 2 is 1.72 bits per heavy atom. The van der Waals surface area contributed by atoms with Crippen LogP contribution < -0.4 is 0 Å². The fourth-order valence-corrected chi connectivity index (χ4v) is 4.23. The van der Waals surface area contributed by atoms with E-state index in [-0.39, 0.29) is 0 Å². The molecule has 25 heavy (non-hydrogen) atoms. The lowest BCUT2D eigenvalue weighted by Gasteiger charge is -2.28. The number of hydrogen-bond donors (Lipinski definition) is 0. The highest BCUT2D eigenvalue weighted by Gasteiger charge is 2.21. The average Bonchev–Trinajstić information content (AvgIpc) is 2.67. The molecule has 0 atom stereocenters. The number of aryl methyl sites for hydroxylation is 2. The summed E-state index contributed by atoms with van der Waals surface area (Å²) in [5, 5.41) is 9.77. The van der Waals surface area contributed by atoms with Gasteiger partial charge in [0.25, 0.3) is 0 Å². The fraction of sp³-hybridized carbons (Fsp3) is 0.435. The van der Waals surface area contributed by atoms with Crippen LogP contribution in [0, 0.1) is 17.2 Å². The summed E-state index contributed by atoms with van der Waals surface area (Å²) in [5.41, 5.74) is 4.60. The molecular formula is C23H26ClN. The quantitative estimate of drug-likeness (QED) is 0.589. The van der Waals surface area contributed by atoms with E-state index in [0.717, 1.165) is 23.8 Å². The van der Waals surface area contributed by atoms with E-state index in [0.29, 0.717) is 11.5 Å². The molecular weight excluding hydrogens is 326 g/mol. The molecule has 0 aliphatic heterocycles. The standard InChI is InChI=1S/C23H26ClN/c1-2-17-7-10-20(11-8-17)22-14-13-21(23(24)15-22)12-9-18-3-5-19(16-25)6-4-18/h3-6,13-15,17,20H,2,7-12H2,1H3/t17-,20-. The van der Waals surface area contributed by atoms with Gasteiger partial charge in [-0.3, -0.25) is 0 Å². The molecule has 0 spiro atoms. The van der Waals surface area contributed by atoms with Gasteiger partial charge < -0.3 is 0 Å². The first-order valence-corrected chi connectivity index (χ1v) is 9.84. The lowest BCUT2D eigenvalue weighted by atomic mass is 9.77. The first kappa shape index (κ1) is 18.0. The van der Waals surface area contributed by atoms with E-state index in [4.69, 9.17) is 16.9 Å². The molecule has 0 unspecified atom stereocenters. The van der Waals surface area contributed by atoms with Gasteiger partial charge in [-0.2, -0.15) is 5.26 Å². The van der Waals surface area contributed by atoms with Crippen molar-refractivity contribution in [2.24, 2.45) is 5.92 Å². The minimum Gasteiger partial charge on any atom is -0.192 e. The normalized spacial score (nSPS) is 20.2. The average molecular weight is 352 g/mol. The molecule has 0 N–H and O–H groups in total. The first-order valence-electron chi connectivity index (χ1n) is 9.47. The molecule has 0 radical (unpaired) electrons. The highest BCUT2D eigenvalue weighted by molar-refractivity contribution is 6.31. The van der Waals surface area contributed by atoms with Crippen molar-refractivity contribution in [3.05, 3.63) is 69.7 Å². The van der Waals surface area contributed by atoms with Crippen LogP contribution in [0.15, 0.2) is 42.5 Å². The second kappa shape index (κ2) is 8.54. The van der Waals surface area contributed by atoms with E-state index >= 15 is 0 Å². The summed E-state index contributed by atoms with van der Waals surface area (Å²) >= 11 is 6.58. The lowest BCUT2D eigenvalue weighted by molar-refractivity contribution is 0.319. The van der Waals surface area contributed by atoms with Gasteiger partial charge in [0, 0.05) is 5.02 Å². The monoisotopic (exact) mass is 351 g/mol. The molecule has 1 aliphatic rings. The second-order valence-corrected chi connectivity index (χ2v) is 7.69. The van der Waals surface area contributed by atoms with Gasteiger partial charge in [-0.1, -0.05) is 49.2 Å². The molecule has 0 amide bonds. The molecule has 1 nitrogen and oxygen atoms in total. The summed E-state index contributed by atoms with van der Waals surface area (Å²) in [6, 6.07) is 16.7. The summed E-state index contributed by atoms with van der Waals surface area (Å²) in [5.74, 6) is 1.62. The molecule has 1 saturated carbocycles. The minimum absolute atomic E-state index is 0.688. The van der Waals surface area contributed by atoms with Crippen LogP contribution >= 0.6 is 11.6 Å². The van der Waals surface area contributed by atoms with Crippen LogP contribution in [0.25, 0.3) is 0 Å². The van der Waals surface area contributed by atoms with Crippen molar-refractivity contribution < 1.29 is 0 Å². The first-order chi connectivity index (χ1) is 12.2. The zero-order valence-corrected chi connectivity index (χ0v) is 15.7. The molecule has 1 fully saturated rings. The van der Waals surface area contributed by atoms with Crippen molar-refractivity contribution >= 4 is 11.6 Å². The van der Waals surface area contributed by atoms with Gasteiger partial charge in [0.2, 0.25) is 0 Å². The number of benzene rings is 2. The number of hydrogen-bond acceptors (Lipinski definition) is 1. The zero-order valence-electron chi connectivity index (χ0n) is 15.0. The molecule has 0 saturated heterocycles. The van der Waals surface area contributed by atoms with Crippen LogP contribution in [0.4, 0.5) is 0 Å². The van der Waals surface area contributed by atoms with E-state index in [9.17, 15) is 0 Å². The van der Waals surface area contributed by atoms with Crippen LogP contribution in [-0.4, -0.2) is 0 Å². The summed E-state index contributed by atoms with van der Waals surface area (Å²) in [4.78, 5) is 0. The molecule has 0 bridgehead atoms. The Morgan fingerprint density at radius 3 is 2.32 bits per heavy atom. The SMILES string of the molecule is CC[C@H]1CC[C@H](c2ccc(CCc3ccc(C#N)cc3)c(Cl)c2)CC1. The third-order valence-electron chi connectivity index (χ3n) is 5.74. The predicted octanol–water partition coefficient (Wildman–Crippen LogP) is 6.68. The van der Waals surface area contributed by atoms with Crippen molar-refractivity contribution in [2.45, 2.75) is 57.8 Å². The van der Waals surface area contributed by atoms with Crippen LogP contribution in [0.2, 0.25) is 5.02 Å². The van der Waals surface area contributed by atoms with Gasteiger partial charge >= 0.3 is 0 Å². The molecule has 1 aliphatic carbocycles. The minimum atomic E-state index is 0.688. The Hall–Kier alpha value is -1.78. The summed E-state index contributed by atoms with van der Waals surface area (Å²) in [6.45, 7) is 2.31. The van der Waals surface area contributed by atoms with E-state index in [1.54, 1.807) is 0 Å². The Morgan fingerprint density at radius 1 is 1.00 bits per heavy atom. The predicted molar refractivity (Wildman–Crippen MR) is 105 cm³/mol. The maximum atomic E-state index is 8.87. The number of nitrogens with zero attached hydrogens (tertiary/aromatic N) is 1. The Balaban J connectivity index is 1.61. The Labute approximate surface area is 156 Å². The van der Waals surface area contributed by atoms with Crippen LogP contribution in [-0.2, 0) is 12.8 Å². The molecule has 3 rings (SSSR count). The molecule has 0 heterocycles. The second-order valence-electron chi connectivity index (χ2n) is 7.29. The highest BCUT2D eigenvalue weighted by atomic mass is 35.5. The molecule has 2 heteroatoms. The topological polar surface area (TPSA) is 23.8 Å². The van der Waals surface area contributed by atoms with Crippen molar-refractivity contribution in [3.63, 3.8) is 0 Å². The van der Waals surface area contributed by atoms with Gasteiger partial charge in [0.1, 0.15) is 0 Å². The van der Waals surface area contributed by atoms with E-state index in [2.05, 4.69) is 31.2 Å². The van der Waals surface area contributed by atoms with Gasteiger partial charge in [0.15, 0.2) is 0 Å². The van der Waals surface area contributed by atoms with E-state index < -0.39 is 0 Å². The largest absolute Gasteiger partial charge is 0.192 e. The van der Waals surface area contributed by atoms with Crippen molar-refractivity contribution in [2.75, 3.05) is 0 Å². The third kappa shape index (κ3) is 4.65. The van der Waals surface area contributed by atoms with Gasteiger partial charge in [-0.25, -0.2) is 0 Å². The highest BCUT2D eigenvalue weighted by Crippen LogP contribution is 2.38. The third-order valence-corrected chi connectivity index (χ3v) is 6.09. The van der Waals surface area contributed by atoms with Gasteiger partial charge in [0.05, 0.1) is 11.6 Å². The molecule has 130 valence electrons. The lowest BCUT2D eigenvalue weighted by Crippen LogP contribution is -2.12. The van der Waals surface area contributed by atoms with E-state index in [1.807, 2.05) is 24.3 Å². The summed E-state index contributed by atoms with van der Waals surface area (Å²) < 4.78 is 0. The van der Waals surface area contributed by atoms with Crippen LogP contribution in [0.1, 0.15) is 67.2 Å². The summed E-state index contributed by atoms with van der Waals surface area (Å²) in [6.07, 6.45) is 8.54. The number of nitriles is 1. The van der Waals surface area contributed by atoms with Gasteiger partial charge in [-0.15, -0.1) is 0 Å². The Kier molecular flexibility index (Phi) is 6.16. The van der Waals surface area contributed by atoms with Gasteiger partial charge in [-0.05, 0) is 85.3 Å². The fourth-order valence-electron chi connectivity index (χ4n) is 3.95. The molecule has 2 aromatic carbocycles. The number of rotatable bonds is 5. The summed E-state index contributed by atoms with van der Waals surface area (Å²) in [7, 11) is 0. The smallest absolute Gasteiger partial charge is 0.0991 e. The van der Waals surface area contributed by atoms with Crippen LogP contribution in [0.3, 0.4) is 0 Å². The number of halogens is 1. The molecule has 0 aromatic heterocycles. The zero-order chi connectivity index (χ0) is 17.6. The van der Waals surface area contributed by atoms with Crippen molar-refractivity contribution in [3.8, 4) is 6.07 Å². The maximum absolute atomic E-state index is 8.87.